The van der Waals surface area contributed by atoms with Gasteiger partial charge < -0.3 is 15.8 Å². The Morgan fingerprint density at radius 3 is 2.91 bits per heavy atom. The lowest BCUT2D eigenvalue weighted by Gasteiger charge is -2.14. The number of hydrogen-bond acceptors (Lipinski definition) is 6. The van der Waals surface area contributed by atoms with Crippen LogP contribution in [0.15, 0.2) is 42.7 Å². The lowest BCUT2D eigenvalue weighted by Crippen LogP contribution is -2.24. The number of anilines is 1. The number of nitrogen functional groups attached to an aromatic ring is 1. The van der Waals surface area contributed by atoms with E-state index in [2.05, 4.69) is 20.4 Å². The summed E-state index contributed by atoms with van der Waals surface area (Å²) in [5, 5.41) is 6.53. The fourth-order valence-corrected chi connectivity index (χ4v) is 3.55. The minimum atomic E-state index is -1.46. The summed E-state index contributed by atoms with van der Waals surface area (Å²) < 4.78 is 43.9. The summed E-state index contributed by atoms with van der Waals surface area (Å²) in [5.41, 5.74) is 8.11. The third-order valence-corrected chi connectivity index (χ3v) is 5.57. The number of aryl methyl sites for hydroxylation is 1. The van der Waals surface area contributed by atoms with Crippen LogP contribution in [0.5, 0.6) is 5.75 Å². The van der Waals surface area contributed by atoms with Crippen LogP contribution in [0.25, 0.3) is 16.8 Å². The van der Waals surface area contributed by atoms with E-state index in [1.165, 1.54) is 4.52 Å². The minimum Gasteiger partial charge on any atom is -0.490 e. The molecule has 8 nitrogen and oxygen atoms in total. The highest BCUT2D eigenvalue weighted by molar-refractivity contribution is 5.96. The molecule has 3 heterocycles. The maximum Gasteiger partial charge on any atom is 0.253 e. The molecule has 3 aromatic heterocycles. The average molecular weight is 465 g/mol. The van der Waals surface area contributed by atoms with E-state index in [4.69, 9.17) is 11.8 Å². The molecule has 4 aromatic rings. The van der Waals surface area contributed by atoms with Crippen molar-refractivity contribution in [3.63, 3.8) is 0 Å². The maximum absolute atomic E-state index is 14.4. The van der Waals surface area contributed by atoms with Gasteiger partial charge >= 0.3 is 0 Å². The Balaban J connectivity index is 1.40. The van der Waals surface area contributed by atoms with Gasteiger partial charge in [0, 0.05) is 36.1 Å². The first kappa shape index (κ1) is 20.5. The number of benzene rings is 1. The van der Waals surface area contributed by atoms with Gasteiger partial charge in [-0.05, 0) is 55.5 Å². The zero-order chi connectivity index (χ0) is 24.7. The minimum absolute atomic E-state index is 0.0897. The van der Waals surface area contributed by atoms with E-state index in [-0.39, 0.29) is 29.4 Å². The molecule has 0 radical (unpaired) electrons. The van der Waals surface area contributed by atoms with E-state index in [1.54, 1.807) is 37.5 Å². The molecule has 174 valence electrons. The number of nitrogens with one attached hydrogen (secondary N) is 1. The van der Waals surface area contributed by atoms with Crippen molar-refractivity contribution >= 4 is 17.5 Å². The van der Waals surface area contributed by atoms with Gasteiger partial charge in [0.15, 0.2) is 17.2 Å². The van der Waals surface area contributed by atoms with Crippen molar-refractivity contribution in [2.24, 2.45) is 5.92 Å². The number of carbonyl (C=O) groups excluding carboxylic acids is 1. The van der Waals surface area contributed by atoms with Gasteiger partial charge in [0.25, 0.3) is 5.91 Å². The first-order chi connectivity index (χ1) is 16.8. The van der Waals surface area contributed by atoms with E-state index < -0.39 is 24.1 Å². The number of ether oxygens (including phenoxy) is 1. The summed E-state index contributed by atoms with van der Waals surface area (Å²) in [6.07, 6.45) is 5.27. The molecule has 1 atom stereocenters. The standard InChI is InChI=1S/C24H22F2N6O2/c1-13-19(7-16(10-28-13)15-4-5-32-21(8-15)30-24(27)31-32)23(33)29-11-17-6-18(25)9-20(26)22(17)34-12-14-2-3-14/h4-10,14H,2-3,11-12H2,1H3,(H2,27,31)(H,29,33)/i11D. The monoisotopic (exact) mass is 465 g/mol. The number of aromatic nitrogens is 4. The molecule has 0 saturated heterocycles. The van der Waals surface area contributed by atoms with Crippen LogP contribution in [-0.4, -0.2) is 32.1 Å². The zero-order valence-corrected chi connectivity index (χ0v) is 18.3. The molecule has 3 N–H and O–H groups in total. The molecule has 1 aliphatic rings. The van der Waals surface area contributed by atoms with Gasteiger partial charge in [0.1, 0.15) is 5.82 Å². The molecule has 0 bridgehead atoms. The fourth-order valence-electron chi connectivity index (χ4n) is 3.55. The second-order valence-electron chi connectivity index (χ2n) is 8.22. The Morgan fingerprint density at radius 2 is 2.12 bits per heavy atom. The Kier molecular flexibility index (Phi) is 5.25. The number of pyridine rings is 2. The molecule has 1 aliphatic carbocycles. The van der Waals surface area contributed by atoms with Crippen molar-refractivity contribution in [1.82, 2.24) is 24.9 Å². The summed E-state index contributed by atoms with van der Waals surface area (Å²) >= 11 is 0. The highest BCUT2D eigenvalue weighted by Crippen LogP contribution is 2.32. The number of rotatable bonds is 7. The molecule has 0 aliphatic heterocycles. The molecular weight excluding hydrogens is 442 g/mol. The SMILES string of the molecule is [2H]C(NC(=O)c1cc(-c2ccn3nc(N)nc3c2)cnc1C)c1cc(F)cc(F)c1OCC1CC1. The molecule has 10 heteroatoms. The predicted octanol–water partition coefficient (Wildman–Crippen LogP) is 3.68. The molecule has 0 spiro atoms. The van der Waals surface area contributed by atoms with Crippen LogP contribution in [0.3, 0.4) is 0 Å². The van der Waals surface area contributed by atoms with Gasteiger partial charge in [0.05, 0.1) is 19.2 Å². The first-order valence-electron chi connectivity index (χ1n) is 11.3. The molecule has 5 rings (SSSR count). The summed E-state index contributed by atoms with van der Waals surface area (Å²) in [5.74, 6) is -2.12. The number of amides is 1. The van der Waals surface area contributed by atoms with Gasteiger partial charge in [-0.15, -0.1) is 5.10 Å². The Hall–Kier alpha value is -4.08. The topological polar surface area (TPSA) is 107 Å². The van der Waals surface area contributed by atoms with Crippen LogP contribution in [-0.2, 0) is 6.52 Å². The quantitative estimate of drug-likeness (QED) is 0.431. The van der Waals surface area contributed by atoms with Gasteiger partial charge in [-0.25, -0.2) is 13.3 Å². The normalized spacial score (nSPS) is 14.6. The lowest BCUT2D eigenvalue weighted by atomic mass is 10.0. The second kappa shape index (κ2) is 8.69. The lowest BCUT2D eigenvalue weighted by molar-refractivity contribution is 0.0949. The first-order valence-corrected chi connectivity index (χ1v) is 10.7. The third-order valence-electron chi connectivity index (χ3n) is 5.57. The number of nitrogens with two attached hydrogens (primary N) is 1. The number of nitrogens with zero attached hydrogens (tertiary/aromatic N) is 4. The largest absolute Gasteiger partial charge is 0.490 e. The Morgan fingerprint density at radius 1 is 1.29 bits per heavy atom. The van der Waals surface area contributed by atoms with E-state index in [0.717, 1.165) is 24.5 Å². The van der Waals surface area contributed by atoms with Crippen LogP contribution < -0.4 is 15.8 Å². The van der Waals surface area contributed by atoms with E-state index in [0.29, 0.717) is 28.9 Å². The van der Waals surface area contributed by atoms with E-state index in [9.17, 15) is 13.6 Å². The molecule has 1 saturated carbocycles. The van der Waals surface area contributed by atoms with Crippen LogP contribution in [0.4, 0.5) is 14.7 Å². The fraction of sp³-hybridized carbons (Fsp3) is 0.250. The smallest absolute Gasteiger partial charge is 0.253 e. The summed E-state index contributed by atoms with van der Waals surface area (Å²) in [7, 11) is 0. The van der Waals surface area contributed by atoms with Crippen LogP contribution in [0.2, 0.25) is 0 Å². The van der Waals surface area contributed by atoms with Crippen LogP contribution in [0, 0.1) is 24.5 Å². The molecular formula is C24H22F2N6O2. The number of hydrogen-bond donors (Lipinski definition) is 2. The highest BCUT2D eigenvalue weighted by Gasteiger charge is 2.24. The number of halogens is 2. The van der Waals surface area contributed by atoms with Crippen molar-refractivity contribution in [2.45, 2.75) is 26.3 Å². The highest BCUT2D eigenvalue weighted by atomic mass is 19.1. The summed E-state index contributed by atoms with van der Waals surface area (Å²) in [6.45, 7) is 0.482. The second-order valence-corrected chi connectivity index (χ2v) is 8.22. The third kappa shape index (κ3) is 4.52. The Bertz CT molecular complexity index is 1440. The Labute approximate surface area is 195 Å². The van der Waals surface area contributed by atoms with Crippen molar-refractivity contribution in [3.05, 3.63) is 71.2 Å². The van der Waals surface area contributed by atoms with Gasteiger partial charge in [0.2, 0.25) is 5.95 Å². The molecule has 34 heavy (non-hydrogen) atoms. The predicted molar refractivity (Wildman–Crippen MR) is 121 cm³/mol. The van der Waals surface area contributed by atoms with Crippen molar-refractivity contribution in [3.8, 4) is 16.9 Å². The molecule has 1 unspecified atom stereocenters. The molecule has 1 amide bonds. The average Bonchev–Trinajstić information content (AvgIpc) is 3.56. The summed E-state index contributed by atoms with van der Waals surface area (Å²) in [6, 6.07) is 6.87. The van der Waals surface area contributed by atoms with Gasteiger partial charge in [-0.1, -0.05) is 0 Å². The van der Waals surface area contributed by atoms with Crippen molar-refractivity contribution < 1.29 is 19.7 Å². The van der Waals surface area contributed by atoms with Gasteiger partial charge in [-0.2, -0.15) is 4.98 Å². The zero-order valence-electron chi connectivity index (χ0n) is 19.3. The van der Waals surface area contributed by atoms with E-state index >= 15 is 0 Å². The van der Waals surface area contributed by atoms with Gasteiger partial charge in [-0.3, -0.25) is 9.78 Å². The van der Waals surface area contributed by atoms with Crippen molar-refractivity contribution in [2.75, 3.05) is 12.3 Å². The van der Waals surface area contributed by atoms with Crippen molar-refractivity contribution in [1.29, 1.82) is 0 Å². The number of carbonyl (C=O) groups is 1. The molecule has 1 aromatic carbocycles. The van der Waals surface area contributed by atoms with Crippen LogP contribution in [0.1, 0.15) is 35.8 Å². The maximum atomic E-state index is 14.4. The summed E-state index contributed by atoms with van der Waals surface area (Å²) in [4.78, 5) is 21.5. The van der Waals surface area contributed by atoms with E-state index in [1.807, 2.05) is 0 Å². The molecule has 1 fully saturated rings. The van der Waals surface area contributed by atoms with Crippen LogP contribution >= 0.6 is 0 Å². The number of fused-ring (bicyclic) bond motifs is 1.